The van der Waals surface area contributed by atoms with Gasteiger partial charge in [-0.05, 0) is 13.8 Å². The number of fused-ring (bicyclic) bond motifs is 1. The number of hydrogen-bond donors (Lipinski definition) is 1. The summed E-state index contributed by atoms with van der Waals surface area (Å²) in [7, 11) is 5.53. The van der Waals surface area contributed by atoms with Crippen LogP contribution in [0.2, 0.25) is 0 Å². The van der Waals surface area contributed by atoms with Gasteiger partial charge < -0.3 is 4.98 Å². The van der Waals surface area contributed by atoms with Gasteiger partial charge >= 0.3 is 0 Å². The molecule has 1 N–H and O–H groups in total. The number of rotatable bonds is 2. The van der Waals surface area contributed by atoms with Gasteiger partial charge in [0.1, 0.15) is 18.8 Å². The lowest BCUT2D eigenvalue weighted by molar-refractivity contribution is 0.0893. The van der Waals surface area contributed by atoms with E-state index in [2.05, 4.69) is 15.0 Å². The van der Waals surface area contributed by atoms with Crippen LogP contribution in [0.25, 0.3) is 11.2 Å². The molecule has 0 unspecified atom stereocenters. The molecule has 0 aliphatic rings. The summed E-state index contributed by atoms with van der Waals surface area (Å²) in [6, 6.07) is 1.97. The third kappa shape index (κ3) is 1.80. The van der Waals surface area contributed by atoms with Crippen molar-refractivity contribution in [3.63, 3.8) is 0 Å². The van der Waals surface area contributed by atoms with Crippen molar-refractivity contribution in [1.82, 2.24) is 15.0 Å². The molecule has 2 heterocycles. The Labute approximate surface area is 99.3 Å². The topological polar surface area (TPSA) is 82.4 Å². The van der Waals surface area contributed by atoms with Crippen molar-refractivity contribution in [1.29, 1.82) is 5.26 Å². The van der Waals surface area contributed by atoms with Gasteiger partial charge in [-0.15, -0.1) is 0 Å². The number of nitrogens with one attached hydrogen (secondary N) is 1. The summed E-state index contributed by atoms with van der Waals surface area (Å²) in [5.41, 5.74) is 0.364. The Hall–Kier alpha value is -2.16. The average molecular weight is 224 g/mol. The molecule has 6 heteroatoms. The number of H-pyrrole nitrogens is 1. The van der Waals surface area contributed by atoms with E-state index in [1.165, 1.54) is 12.4 Å². The first kappa shape index (κ1) is 11.3. The van der Waals surface area contributed by atoms with Gasteiger partial charge in [-0.3, -0.25) is 9.78 Å². The molecule has 0 aliphatic carbocycles. The Kier molecular flexibility index (Phi) is 2.47. The van der Waals surface area contributed by atoms with Gasteiger partial charge in [-0.25, -0.2) is 4.98 Å². The molecule has 2 aromatic rings. The predicted molar refractivity (Wildman–Crippen MR) is 63.0 cm³/mol. The minimum Gasteiger partial charge on any atom is -0.344 e. The number of carbonyl (C=O) groups is 1. The highest BCUT2D eigenvalue weighted by Gasteiger charge is 2.30. The molecule has 2 radical (unpaired) electrons. The van der Waals surface area contributed by atoms with Gasteiger partial charge in [-0.2, -0.15) is 5.26 Å². The van der Waals surface area contributed by atoms with Crippen molar-refractivity contribution >= 4 is 30.4 Å². The Morgan fingerprint density at radius 1 is 1.59 bits per heavy atom. The SMILES string of the molecule is [B]c1cnc2[nH]cc(C(=O)C(C)(C)C#N)c2n1. The zero-order valence-electron chi connectivity index (χ0n) is 9.48. The van der Waals surface area contributed by atoms with E-state index in [0.29, 0.717) is 16.7 Å². The summed E-state index contributed by atoms with van der Waals surface area (Å²) >= 11 is 0. The smallest absolute Gasteiger partial charge is 0.186 e. The molecule has 0 saturated carbocycles. The lowest BCUT2D eigenvalue weighted by atomic mass is 9.86. The molecule has 82 valence electrons. The summed E-state index contributed by atoms with van der Waals surface area (Å²) in [6.45, 7) is 3.13. The number of nitriles is 1. The van der Waals surface area contributed by atoms with E-state index in [9.17, 15) is 4.79 Å². The van der Waals surface area contributed by atoms with Crippen LogP contribution < -0.4 is 5.59 Å². The maximum atomic E-state index is 12.1. The molecule has 0 fully saturated rings. The molecule has 0 amide bonds. The maximum Gasteiger partial charge on any atom is 0.186 e. The van der Waals surface area contributed by atoms with Crippen molar-refractivity contribution in [3.8, 4) is 6.07 Å². The fraction of sp³-hybridized carbons (Fsp3) is 0.273. The van der Waals surface area contributed by atoms with E-state index in [0.717, 1.165) is 0 Å². The van der Waals surface area contributed by atoms with Crippen LogP contribution in [-0.2, 0) is 0 Å². The van der Waals surface area contributed by atoms with Gasteiger partial charge in [0.25, 0.3) is 0 Å². The molecule has 0 aromatic carbocycles. The summed E-state index contributed by atoms with van der Waals surface area (Å²) < 4.78 is 0. The minimum absolute atomic E-state index is 0.237. The molecule has 2 aromatic heterocycles. The number of ketones is 1. The maximum absolute atomic E-state index is 12.1. The zero-order chi connectivity index (χ0) is 12.6. The Balaban J connectivity index is 2.61. The summed E-state index contributed by atoms with van der Waals surface area (Å²) in [5, 5.41) is 8.95. The second kappa shape index (κ2) is 3.70. The van der Waals surface area contributed by atoms with Crippen LogP contribution in [0.4, 0.5) is 0 Å². The standard InChI is InChI=1S/C11H9BN4O/c1-11(2,5-13)9(17)6-3-14-10-8(6)16-7(12)4-15-10/h3-4H,1-2H3,(H,14,15). The molecule has 5 nitrogen and oxygen atoms in total. The second-order valence-electron chi connectivity index (χ2n) is 4.26. The van der Waals surface area contributed by atoms with Gasteiger partial charge in [0, 0.05) is 18.0 Å². The van der Waals surface area contributed by atoms with Gasteiger partial charge in [0.15, 0.2) is 11.4 Å². The van der Waals surface area contributed by atoms with Crippen LogP contribution in [0.3, 0.4) is 0 Å². The predicted octanol–water partition coefficient (Wildman–Crippen LogP) is 0.484. The molecule has 17 heavy (non-hydrogen) atoms. The molecule has 2 rings (SSSR count). The van der Waals surface area contributed by atoms with E-state index < -0.39 is 5.41 Å². The zero-order valence-corrected chi connectivity index (χ0v) is 9.48. The monoisotopic (exact) mass is 224 g/mol. The highest BCUT2D eigenvalue weighted by Crippen LogP contribution is 2.24. The first-order valence-corrected chi connectivity index (χ1v) is 5.01. The fourth-order valence-corrected chi connectivity index (χ4v) is 1.47. The van der Waals surface area contributed by atoms with Crippen molar-refractivity contribution in [2.24, 2.45) is 5.41 Å². The van der Waals surface area contributed by atoms with Crippen LogP contribution in [-0.4, -0.2) is 28.6 Å². The van der Waals surface area contributed by atoms with E-state index in [1.54, 1.807) is 13.8 Å². The van der Waals surface area contributed by atoms with Crippen LogP contribution >= 0.6 is 0 Å². The molecule has 0 spiro atoms. The van der Waals surface area contributed by atoms with Gasteiger partial charge in [0.2, 0.25) is 0 Å². The van der Waals surface area contributed by atoms with Gasteiger partial charge in [-0.1, -0.05) is 0 Å². The highest BCUT2D eigenvalue weighted by atomic mass is 16.1. The van der Waals surface area contributed by atoms with Crippen LogP contribution in [0, 0.1) is 16.7 Å². The third-order valence-electron chi connectivity index (χ3n) is 2.49. The summed E-state index contributed by atoms with van der Waals surface area (Å²) in [5.74, 6) is -0.300. The Morgan fingerprint density at radius 3 is 2.94 bits per heavy atom. The molecule has 0 aliphatic heterocycles. The van der Waals surface area contributed by atoms with E-state index >= 15 is 0 Å². The molecular formula is C11H9BN4O. The van der Waals surface area contributed by atoms with Crippen molar-refractivity contribution in [2.45, 2.75) is 13.8 Å². The van der Waals surface area contributed by atoms with E-state index in [4.69, 9.17) is 13.1 Å². The number of hydrogen-bond acceptors (Lipinski definition) is 4. The normalized spacial score (nSPS) is 11.4. The van der Waals surface area contributed by atoms with Crippen molar-refractivity contribution in [3.05, 3.63) is 18.0 Å². The first-order valence-electron chi connectivity index (χ1n) is 5.01. The Bertz CT molecular complexity index is 638. The van der Waals surface area contributed by atoms with Crippen LogP contribution in [0.15, 0.2) is 12.4 Å². The molecule has 0 atom stereocenters. The van der Waals surface area contributed by atoms with E-state index in [1.807, 2.05) is 6.07 Å². The summed E-state index contributed by atoms with van der Waals surface area (Å²) in [6.07, 6.45) is 2.91. The third-order valence-corrected chi connectivity index (χ3v) is 2.49. The number of aromatic amines is 1. The summed E-state index contributed by atoms with van der Waals surface area (Å²) in [4.78, 5) is 23.0. The van der Waals surface area contributed by atoms with Gasteiger partial charge in [0.05, 0.1) is 11.6 Å². The lowest BCUT2D eigenvalue weighted by Gasteiger charge is -2.12. The van der Waals surface area contributed by atoms with Crippen molar-refractivity contribution in [2.75, 3.05) is 0 Å². The highest BCUT2D eigenvalue weighted by molar-refractivity contribution is 6.31. The fourth-order valence-electron chi connectivity index (χ4n) is 1.47. The number of nitrogens with zero attached hydrogens (tertiary/aromatic N) is 3. The van der Waals surface area contributed by atoms with E-state index in [-0.39, 0.29) is 11.4 Å². The van der Waals surface area contributed by atoms with Crippen LogP contribution in [0.5, 0.6) is 0 Å². The first-order chi connectivity index (χ1) is 7.95. The molecular weight excluding hydrogens is 215 g/mol. The quantitative estimate of drug-likeness (QED) is 0.594. The number of Topliss-reactive ketones (excluding diaryl/α,β-unsaturated/α-hetero) is 1. The van der Waals surface area contributed by atoms with Crippen LogP contribution in [0.1, 0.15) is 24.2 Å². The number of aromatic nitrogens is 3. The Morgan fingerprint density at radius 2 is 2.29 bits per heavy atom. The molecule has 0 bridgehead atoms. The second-order valence-corrected chi connectivity index (χ2v) is 4.26. The van der Waals surface area contributed by atoms with Crippen molar-refractivity contribution < 1.29 is 4.79 Å². The minimum atomic E-state index is -1.10. The largest absolute Gasteiger partial charge is 0.344 e. The average Bonchev–Trinajstić information content (AvgIpc) is 2.70. The lowest BCUT2D eigenvalue weighted by Crippen LogP contribution is -2.22. The number of carbonyl (C=O) groups excluding carboxylic acids is 1. The molecule has 0 saturated heterocycles.